The first kappa shape index (κ1) is 13.9. The highest BCUT2D eigenvalue weighted by Gasteiger charge is 2.55. The number of fused-ring (bicyclic) bond motifs is 5. The van der Waals surface area contributed by atoms with Gasteiger partial charge in [-0.05, 0) is 80.5 Å². The number of aliphatic hydroxyl groups is 1. The lowest BCUT2D eigenvalue weighted by Gasteiger charge is -2.53. The Balaban J connectivity index is 1.60. The van der Waals surface area contributed by atoms with Crippen LogP contribution in [0.5, 0.6) is 0 Å². The SMILES string of the molecule is C#CC1C=C2CC[C@@H]3[C@H](CC[C@]4(C)[C@@H](O)CC[C@@H]34)[C@H]2CC1. The molecule has 3 fully saturated rings. The predicted octanol–water partition coefficient (Wildman–Crippen LogP) is 4.17. The minimum atomic E-state index is -0.0439. The molecular weight excluding hydrogens is 256 g/mol. The topological polar surface area (TPSA) is 20.2 Å². The molecule has 0 amide bonds. The third-order valence-electron chi connectivity index (χ3n) is 7.62. The second-order valence-corrected chi connectivity index (χ2v) is 8.31. The van der Waals surface area contributed by atoms with E-state index in [0.717, 1.165) is 30.1 Å². The van der Waals surface area contributed by atoms with Gasteiger partial charge in [0.15, 0.2) is 0 Å². The first-order valence-electron chi connectivity index (χ1n) is 8.98. The Morgan fingerprint density at radius 2 is 2.00 bits per heavy atom. The van der Waals surface area contributed by atoms with Crippen LogP contribution >= 0.6 is 0 Å². The highest BCUT2D eigenvalue weighted by Crippen LogP contribution is 2.61. The summed E-state index contributed by atoms with van der Waals surface area (Å²) in [4.78, 5) is 0. The lowest BCUT2D eigenvalue weighted by Crippen LogP contribution is -2.47. The fourth-order valence-corrected chi connectivity index (χ4v) is 6.44. The van der Waals surface area contributed by atoms with Crippen molar-refractivity contribution in [2.75, 3.05) is 0 Å². The van der Waals surface area contributed by atoms with Crippen molar-refractivity contribution < 1.29 is 5.11 Å². The zero-order valence-electron chi connectivity index (χ0n) is 13.2. The standard InChI is InChI=1S/C20H28O/c1-3-13-4-6-15-14(12-13)5-7-17-16(15)10-11-20(2)18(17)8-9-19(20)21/h1,12-13,15-19,21H,4-11H2,2H3/t13?,15-,16+,17+,18-,19-,20-/m0/s1. The second kappa shape index (κ2) is 4.88. The van der Waals surface area contributed by atoms with Crippen LogP contribution in [0.4, 0.5) is 0 Å². The molecule has 21 heavy (non-hydrogen) atoms. The quantitative estimate of drug-likeness (QED) is 0.523. The Labute approximate surface area is 129 Å². The Bertz CT molecular complexity index is 498. The van der Waals surface area contributed by atoms with E-state index in [2.05, 4.69) is 18.9 Å². The first-order valence-corrected chi connectivity index (χ1v) is 8.98. The molecule has 0 saturated heterocycles. The third-order valence-corrected chi connectivity index (χ3v) is 7.62. The van der Waals surface area contributed by atoms with Gasteiger partial charge in [0, 0.05) is 5.92 Å². The van der Waals surface area contributed by atoms with E-state index in [1.54, 1.807) is 5.57 Å². The predicted molar refractivity (Wildman–Crippen MR) is 85.4 cm³/mol. The third kappa shape index (κ3) is 1.95. The summed E-state index contributed by atoms with van der Waals surface area (Å²) < 4.78 is 0. The first-order chi connectivity index (χ1) is 10.1. The van der Waals surface area contributed by atoms with Gasteiger partial charge < -0.3 is 5.11 Å². The van der Waals surface area contributed by atoms with Crippen LogP contribution in [0.15, 0.2) is 11.6 Å². The van der Waals surface area contributed by atoms with Crippen molar-refractivity contribution in [1.82, 2.24) is 0 Å². The Morgan fingerprint density at radius 3 is 2.81 bits per heavy atom. The van der Waals surface area contributed by atoms with Crippen LogP contribution in [0.1, 0.15) is 58.3 Å². The molecule has 0 aromatic heterocycles. The fourth-order valence-electron chi connectivity index (χ4n) is 6.44. The largest absolute Gasteiger partial charge is 0.393 e. The minimum absolute atomic E-state index is 0.0439. The highest BCUT2D eigenvalue weighted by atomic mass is 16.3. The summed E-state index contributed by atoms with van der Waals surface area (Å²) in [6.07, 6.45) is 18.0. The summed E-state index contributed by atoms with van der Waals surface area (Å²) in [5.74, 6) is 6.69. The van der Waals surface area contributed by atoms with Crippen LogP contribution in [0.2, 0.25) is 0 Å². The van der Waals surface area contributed by atoms with Crippen molar-refractivity contribution in [3.63, 3.8) is 0 Å². The maximum Gasteiger partial charge on any atom is 0.0596 e. The zero-order valence-corrected chi connectivity index (χ0v) is 13.2. The van der Waals surface area contributed by atoms with Crippen molar-refractivity contribution >= 4 is 0 Å². The summed E-state index contributed by atoms with van der Waals surface area (Å²) in [5.41, 5.74) is 1.91. The average Bonchev–Trinajstić information content (AvgIpc) is 2.82. The molecular formula is C20H28O. The molecule has 0 bridgehead atoms. The highest BCUT2D eigenvalue weighted by molar-refractivity contribution is 5.23. The Kier molecular flexibility index (Phi) is 3.23. The van der Waals surface area contributed by atoms with E-state index in [1.165, 1.54) is 44.9 Å². The van der Waals surface area contributed by atoms with Crippen molar-refractivity contribution in [3.8, 4) is 12.3 Å². The molecule has 0 heterocycles. The molecule has 0 aromatic carbocycles. The van der Waals surface area contributed by atoms with E-state index < -0.39 is 0 Å². The molecule has 0 spiro atoms. The van der Waals surface area contributed by atoms with Gasteiger partial charge in [0.2, 0.25) is 0 Å². The van der Waals surface area contributed by atoms with Gasteiger partial charge in [-0.25, -0.2) is 0 Å². The number of hydrogen-bond donors (Lipinski definition) is 1. The molecule has 1 N–H and O–H groups in total. The molecule has 7 atom stereocenters. The minimum Gasteiger partial charge on any atom is -0.393 e. The van der Waals surface area contributed by atoms with E-state index >= 15 is 0 Å². The van der Waals surface area contributed by atoms with E-state index in [4.69, 9.17) is 6.42 Å². The molecule has 0 aromatic rings. The van der Waals surface area contributed by atoms with Gasteiger partial charge >= 0.3 is 0 Å². The van der Waals surface area contributed by atoms with Crippen molar-refractivity contribution in [3.05, 3.63) is 11.6 Å². The number of terminal acetylenes is 1. The molecule has 1 heteroatoms. The Hall–Kier alpha value is -0.740. The smallest absolute Gasteiger partial charge is 0.0596 e. The van der Waals surface area contributed by atoms with Gasteiger partial charge in [0.05, 0.1) is 6.10 Å². The summed E-state index contributed by atoms with van der Waals surface area (Å²) >= 11 is 0. The molecule has 0 aliphatic heterocycles. The van der Waals surface area contributed by atoms with E-state index in [-0.39, 0.29) is 11.5 Å². The van der Waals surface area contributed by atoms with Crippen LogP contribution in [0.25, 0.3) is 0 Å². The zero-order chi connectivity index (χ0) is 14.6. The lowest BCUT2D eigenvalue weighted by molar-refractivity contribution is -0.0536. The van der Waals surface area contributed by atoms with Crippen molar-refractivity contribution in [2.45, 2.75) is 64.4 Å². The van der Waals surface area contributed by atoms with Crippen LogP contribution in [-0.4, -0.2) is 11.2 Å². The molecule has 0 radical (unpaired) electrons. The average molecular weight is 284 g/mol. The summed E-state index contributed by atoms with van der Waals surface area (Å²) in [7, 11) is 0. The summed E-state index contributed by atoms with van der Waals surface area (Å²) in [6, 6.07) is 0. The van der Waals surface area contributed by atoms with E-state index in [0.29, 0.717) is 5.92 Å². The second-order valence-electron chi connectivity index (χ2n) is 8.31. The van der Waals surface area contributed by atoms with Crippen LogP contribution < -0.4 is 0 Å². The van der Waals surface area contributed by atoms with Gasteiger partial charge in [-0.3, -0.25) is 0 Å². The van der Waals surface area contributed by atoms with Gasteiger partial charge in [0.1, 0.15) is 0 Å². The van der Waals surface area contributed by atoms with Crippen LogP contribution in [-0.2, 0) is 0 Å². The molecule has 4 rings (SSSR count). The van der Waals surface area contributed by atoms with Crippen LogP contribution in [0, 0.1) is 47.3 Å². The Morgan fingerprint density at radius 1 is 1.14 bits per heavy atom. The normalized spacial score (nSPS) is 52.1. The monoisotopic (exact) mass is 284 g/mol. The van der Waals surface area contributed by atoms with Gasteiger partial charge in [-0.15, -0.1) is 6.42 Å². The molecule has 1 nitrogen and oxygen atoms in total. The summed E-state index contributed by atoms with van der Waals surface area (Å²) in [5, 5.41) is 10.4. The summed E-state index contributed by atoms with van der Waals surface area (Å²) in [6.45, 7) is 2.37. The maximum atomic E-state index is 10.4. The molecule has 4 aliphatic rings. The number of hydrogen-bond acceptors (Lipinski definition) is 1. The van der Waals surface area contributed by atoms with Gasteiger partial charge in [-0.1, -0.05) is 24.5 Å². The molecule has 1 unspecified atom stereocenters. The number of allylic oxidation sites excluding steroid dienone is 2. The van der Waals surface area contributed by atoms with Crippen molar-refractivity contribution in [1.29, 1.82) is 0 Å². The molecule has 3 saturated carbocycles. The molecule has 4 aliphatic carbocycles. The maximum absolute atomic E-state index is 10.4. The van der Waals surface area contributed by atoms with Crippen molar-refractivity contribution in [2.24, 2.45) is 35.0 Å². The van der Waals surface area contributed by atoms with Gasteiger partial charge in [0.25, 0.3) is 0 Å². The molecule has 114 valence electrons. The van der Waals surface area contributed by atoms with E-state index in [9.17, 15) is 5.11 Å². The number of rotatable bonds is 0. The van der Waals surface area contributed by atoms with Gasteiger partial charge in [-0.2, -0.15) is 0 Å². The van der Waals surface area contributed by atoms with E-state index in [1.807, 2.05) is 0 Å². The lowest BCUT2D eigenvalue weighted by atomic mass is 9.52. The fraction of sp³-hybridized carbons (Fsp3) is 0.800. The van der Waals surface area contributed by atoms with Crippen LogP contribution in [0.3, 0.4) is 0 Å². The number of aliphatic hydroxyl groups excluding tert-OH is 1.